The van der Waals surface area contributed by atoms with E-state index in [2.05, 4.69) is 27.9 Å². The van der Waals surface area contributed by atoms with Gasteiger partial charge < -0.3 is 10.1 Å². The highest BCUT2D eigenvalue weighted by molar-refractivity contribution is 14.1. The van der Waals surface area contributed by atoms with Gasteiger partial charge >= 0.3 is 0 Å². The van der Waals surface area contributed by atoms with Crippen LogP contribution in [0.3, 0.4) is 0 Å². The lowest BCUT2D eigenvalue weighted by Gasteiger charge is -2.22. The molecule has 0 aromatic carbocycles. The number of carbonyl (C=O) groups excluding carboxylic acids is 1. The zero-order valence-corrected chi connectivity index (χ0v) is 11.9. The molecule has 5 heteroatoms. The SMILES string of the molecule is COC(C)(C)CNC(=O)c1csc(I)c1. The van der Waals surface area contributed by atoms with E-state index in [1.165, 1.54) is 0 Å². The zero-order valence-electron chi connectivity index (χ0n) is 8.96. The van der Waals surface area contributed by atoms with Crippen molar-refractivity contribution in [3.63, 3.8) is 0 Å². The van der Waals surface area contributed by atoms with Crippen LogP contribution in [0.2, 0.25) is 0 Å². The molecule has 0 radical (unpaired) electrons. The second kappa shape index (κ2) is 5.27. The van der Waals surface area contributed by atoms with Gasteiger partial charge in [0.05, 0.1) is 14.0 Å². The van der Waals surface area contributed by atoms with E-state index in [-0.39, 0.29) is 11.5 Å². The first-order chi connectivity index (χ1) is 6.94. The average molecular weight is 339 g/mol. The maximum absolute atomic E-state index is 11.7. The number of amides is 1. The Morgan fingerprint density at radius 1 is 1.67 bits per heavy atom. The van der Waals surface area contributed by atoms with Gasteiger partial charge in [-0.05, 0) is 42.5 Å². The van der Waals surface area contributed by atoms with Gasteiger partial charge in [-0.3, -0.25) is 4.79 Å². The van der Waals surface area contributed by atoms with E-state index in [0.717, 1.165) is 8.45 Å². The Hall–Kier alpha value is -0.140. The second-order valence-corrected chi connectivity index (χ2v) is 6.59. The third-order valence-corrected chi connectivity index (χ3v) is 3.85. The van der Waals surface area contributed by atoms with Crippen LogP contribution in [0, 0.1) is 2.88 Å². The molecule has 0 aliphatic rings. The minimum atomic E-state index is -0.321. The number of carbonyl (C=O) groups is 1. The number of methoxy groups -OCH3 is 1. The van der Waals surface area contributed by atoms with E-state index in [1.54, 1.807) is 18.4 Å². The Balaban J connectivity index is 2.50. The summed E-state index contributed by atoms with van der Waals surface area (Å²) in [7, 11) is 1.64. The summed E-state index contributed by atoms with van der Waals surface area (Å²) in [5.41, 5.74) is 0.398. The highest BCUT2D eigenvalue weighted by Crippen LogP contribution is 2.16. The van der Waals surface area contributed by atoms with Gasteiger partial charge in [-0.2, -0.15) is 0 Å². The van der Waals surface area contributed by atoms with Gasteiger partial charge in [0.15, 0.2) is 0 Å². The van der Waals surface area contributed by atoms with Crippen molar-refractivity contribution in [2.45, 2.75) is 19.4 Å². The summed E-state index contributed by atoms with van der Waals surface area (Å²) in [5, 5.41) is 4.70. The van der Waals surface area contributed by atoms with Crippen LogP contribution < -0.4 is 5.32 Å². The number of halogens is 1. The van der Waals surface area contributed by atoms with Crippen molar-refractivity contribution in [2.24, 2.45) is 0 Å². The van der Waals surface area contributed by atoms with Crippen molar-refractivity contribution in [3.05, 3.63) is 19.9 Å². The zero-order chi connectivity index (χ0) is 11.5. The number of hydrogen-bond donors (Lipinski definition) is 1. The smallest absolute Gasteiger partial charge is 0.252 e. The molecule has 0 spiro atoms. The van der Waals surface area contributed by atoms with Gasteiger partial charge in [-0.15, -0.1) is 11.3 Å². The van der Waals surface area contributed by atoms with E-state index in [1.807, 2.05) is 25.3 Å². The lowest BCUT2D eigenvalue weighted by Crippen LogP contribution is -2.39. The summed E-state index contributed by atoms with van der Waals surface area (Å²) >= 11 is 3.77. The molecule has 0 aliphatic carbocycles. The van der Waals surface area contributed by atoms with Crippen LogP contribution in [0.5, 0.6) is 0 Å². The maximum Gasteiger partial charge on any atom is 0.252 e. The van der Waals surface area contributed by atoms with Gasteiger partial charge in [0.2, 0.25) is 0 Å². The fourth-order valence-electron chi connectivity index (χ4n) is 0.897. The summed E-state index contributed by atoms with van der Waals surface area (Å²) in [6.45, 7) is 4.38. The quantitative estimate of drug-likeness (QED) is 0.856. The van der Waals surface area contributed by atoms with E-state index in [0.29, 0.717) is 6.54 Å². The summed E-state index contributed by atoms with van der Waals surface area (Å²) in [6.07, 6.45) is 0. The molecule has 0 bridgehead atoms. The van der Waals surface area contributed by atoms with E-state index in [4.69, 9.17) is 4.74 Å². The third-order valence-electron chi connectivity index (χ3n) is 2.06. The number of hydrogen-bond acceptors (Lipinski definition) is 3. The molecule has 0 unspecified atom stereocenters. The first-order valence-corrected chi connectivity index (χ1v) is 6.48. The van der Waals surface area contributed by atoms with Gasteiger partial charge in [0.1, 0.15) is 0 Å². The molecule has 1 N–H and O–H groups in total. The summed E-state index contributed by atoms with van der Waals surface area (Å²) in [4.78, 5) is 11.7. The molecule has 3 nitrogen and oxygen atoms in total. The van der Waals surface area contributed by atoms with Crippen LogP contribution in [-0.4, -0.2) is 25.2 Å². The fourth-order valence-corrected chi connectivity index (χ4v) is 2.22. The predicted octanol–water partition coefficient (Wildman–Crippen LogP) is 2.51. The van der Waals surface area contributed by atoms with Crippen LogP contribution in [0.15, 0.2) is 11.4 Å². The Morgan fingerprint density at radius 2 is 2.33 bits per heavy atom. The van der Waals surface area contributed by atoms with Gasteiger partial charge in [0.25, 0.3) is 5.91 Å². The highest BCUT2D eigenvalue weighted by atomic mass is 127. The van der Waals surface area contributed by atoms with E-state index in [9.17, 15) is 4.79 Å². The van der Waals surface area contributed by atoms with Gasteiger partial charge in [0, 0.05) is 19.0 Å². The van der Waals surface area contributed by atoms with Crippen molar-refractivity contribution in [2.75, 3.05) is 13.7 Å². The van der Waals surface area contributed by atoms with Crippen LogP contribution in [0.4, 0.5) is 0 Å². The number of ether oxygens (including phenoxy) is 1. The largest absolute Gasteiger partial charge is 0.377 e. The molecule has 0 fully saturated rings. The van der Waals surface area contributed by atoms with Crippen molar-refractivity contribution < 1.29 is 9.53 Å². The summed E-state index contributed by atoms with van der Waals surface area (Å²) < 4.78 is 6.33. The number of rotatable bonds is 4. The molecule has 0 atom stereocenters. The molecule has 0 saturated heterocycles. The Kier molecular flexibility index (Phi) is 4.54. The Bertz CT molecular complexity index is 349. The molecule has 1 amide bonds. The van der Waals surface area contributed by atoms with E-state index >= 15 is 0 Å². The minimum absolute atomic E-state index is 0.0423. The van der Waals surface area contributed by atoms with Crippen LogP contribution in [0.1, 0.15) is 24.2 Å². The first-order valence-electron chi connectivity index (χ1n) is 4.52. The molecule has 15 heavy (non-hydrogen) atoms. The number of nitrogens with one attached hydrogen (secondary N) is 1. The average Bonchev–Trinajstić information content (AvgIpc) is 2.61. The highest BCUT2D eigenvalue weighted by Gasteiger charge is 2.18. The van der Waals surface area contributed by atoms with Gasteiger partial charge in [-0.25, -0.2) is 0 Å². The molecule has 0 aliphatic heterocycles. The topological polar surface area (TPSA) is 38.3 Å². The summed E-state index contributed by atoms with van der Waals surface area (Å²) in [5.74, 6) is -0.0423. The second-order valence-electron chi connectivity index (χ2n) is 3.79. The molecule has 1 aromatic rings. The normalized spacial score (nSPS) is 11.5. The van der Waals surface area contributed by atoms with Crippen LogP contribution in [0.25, 0.3) is 0 Å². The predicted molar refractivity (Wildman–Crippen MR) is 70.5 cm³/mol. The molecule has 1 heterocycles. The molecular weight excluding hydrogens is 325 g/mol. The van der Waals surface area contributed by atoms with Crippen molar-refractivity contribution >= 4 is 39.8 Å². The standard InChI is InChI=1S/C10H14INO2S/c1-10(2,14-3)6-12-9(13)7-4-8(11)15-5-7/h4-5H,6H2,1-3H3,(H,12,13). The molecule has 1 rings (SSSR count). The Labute approximate surface area is 107 Å². The third kappa shape index (κ3) is 4.08. The first kappa shape index (κ1) is 12.9. The molecule has 84 valence electrons. The van der Waals surface area contributed by atoms with Crippen LogP contribution >= 0.6 is 33.9 Å². The fraction of sp³-hybridized carbons (Fsp3) is 0.500. The van der Waals surface area contributed by atoms with Crippen molar-refractivity contribution in [3.8, 4) is 0 Å². The van der Waals surface area contributed by atoms with Crippen molar-refractivity contribution in [1.29, 1.82) is 0 Å². The number of thiophene rings is 1. The van der Waals surface area contributed by atoms with Crippen molar-refractivity contribution in [1.82, 2.24) is 5.32 Å². The van der Waals surface area contributed by atoms with E-state index < -0.39 is 0 Å². The maximum atomic E-state index is 11.7. The summed E-state index contributed by atoms with van der Waals surface area (Å²) in [6, 6.07) is 1.88. The Morgan fingerprint density at radius 3 is 2.80 bits per heavy atom. The van der Waals surface area contributed by atoms with Gasteiger partial charge in [-0.1, -0.05) is 0 Å². The van der Waals surface area contributed by atoms with Crippen LogP contribution in [-0.2, 0) is 4.74 Å². The monoisotopic (exact) mass is 339 g/mol. The molecule has 1 aromatic heterocycles. The lowest BCUT2D eigenvalue weighted by molar-refractivity contribution is 0.0229. The molecular formula is C10H14INO2S. The molecule has 0 saturated carbocycles. The minimum Gasteiger partial charge on any atom is -0.377 e. The lowest BCUT2D eigenvalue weighted by atomic mass is 10.1.